The number of fused-ring (bicyclic) bond motifs is 1. The van der Waals surface area contributed by atoms with Gasteiger partial charge in [-0.1, -0.05) is 25.5 Å². The van der Waals surface area contributed by atoms with Crippen molar-refractivity contribution in [1.82, 2.24) is 15.3 Å². The van der Waals surface area contributed by atoms with Crippen molar-refractivity contribution >= 4 is 40.1 Å². The number of carbonyl (C=O) groups is 2. The van der Waals surface area contributed by atoms with E-state index in [1.807, 2.05) is 36.6 Å². The maximum Gasteiger partial charge on any atom is 0.252 e. The largest absolute Gasteiger partial charge is 0.340 e. The third-order valence-electron chi connectivity index (χ3n) is 3.61. The van der Waals surface area contributed by atoms with Crippen molar-refractivity contribution in [3.63, 3.8) is 0 Å². The monoisotopic (exact) mass is 342 g/mol. The molecular formula is C17H18N4O2S. The maximum atomic E-state index is 12.5. The minimum Gasteiger partial charge on any atom is -0.340 e. The number of nitrogens with one attached hydrogen (secondary N) is 3. The fourth-order valence-corrected chi connectivity index (χ4v) is 3.04. The van der Waals surface area contributed by atoms with Gasteiger partial charge in [-0.25, -0.2) is 4.98 Å². The fraction of sp³-hybridized carbons (Fsp3) is 0.235. The van der Waals surface area contributed by atoms with Gasteiger partial charge in [-0.3, -0.25) is 14.9 Å². The van der Waals surface area contributed by atoms with Crippen molar-refractivity contribution in [2.75, 3.05) is 5.32 Å². The number of benzene rings is 1. The first-order valence-corrected chi connectivity index (χ1v) is 8.70. The Balaban J connectivity index is 1.70. The number of aromatic amines is 1. The molecule has 2 amide bonds. The first kappa shape index (κ1) is 16.2. The van der Waals surface area contributed by atoms with Crippen LogP contribution >= 0.6 is 11.3 Å². The Hall–Kier alpha value is -2.67. The first-order chi connectivity index (χ1) is 11.7. The van der Waals surface area contributed by atoms with Crippen LogP contribution in [0.1, 0.15) is 30.1 Å². The van der Waals surface area contributed by atoms with Gasteiger partial charge in [0.15, 0.2) is 0 Å². The summed E-state index contributed by atoms with van der Waals surface area (Å²) in [6, 6.07) is 8.67. The molecule has 0 saturated carbocycles. The van der Waals surface area contributed by atoms with Crippen LogP contribution in [0.4, 0.5) is 5.95 Å². The molecule has 24 heavy (non-hydrogen) atoms. The van der Waals surface area contributed by atoms with Crippen molar-refractivity contribution in [2.45, 2.75) is 25.8 Å². The summed E-state index contributed by atoms with van der Waals surface area (Å²) in [7, 11) is 0. The molecule has 0 bridgehead atoms. The predicted octanol–water partition coefficient (Wildman–Crippen LogP) is 3.16. The van der Waals surface area contributed by atoms with Crippen LogP contribution in [0.15, 0.2) is 41.1 Å². The Morgan fingerprint density at radius 2 is 2.12 bits per heavy atom. The number of nitrogens with zero attached hydrogens (tertiary/aromatic N) is 1. The molecule has 0 aliphatic heterocycles. The molecule has 0 spiro atoms. The summed E-state index contributed by atoms with van der Waals surface area (Å²) >= 11 is 1.45. The molecule has 3 N–H and O–H groups in total. The van der Waals surface area contributed by atoms with Crippen molar-refractivity contribution in [1.29, 1.82) is 0 Å². The summed E-state index contributed by atoms with van der Waals surface area (Å²) in [5, 5.41) is 9.13. The summed E-state index contributed by atoms with van der Waals surface area (Å²) in [5.74, 6) is -0.138. The van der Waals surface area contributed by atoms with E-state index in [9.17, 15) is 9.59 Å². The quantitative estimate of drug-likeness (QED) is 0.643. The molecule has 2 heterocycles. The Labute approximate surface area is 143 Å². The second kappa shape index (κ2) is 7.27. The van der Waals surface area contributed by atoms with Gasteiger partial charge in [0.25, 0.3) is 5.91 Å². The van der Waals surface area contributed by atoms with Gasteiger partial charge in [0.2, 0.25) is 11.9 Å². The summed E-state index contributed by atoms with van der Waals surface area (Å²) in [5.41, 5.74) is 2.20. The van der Waals surface area contributed by atoms with E-state index in [1.54, 1.807) is 11.4 Å². The van der Waals surface area contributed by atoms with Crippen molar-refractivity contribution in [3.8, 4) is 0 Å². The molecule has 6 nitrogen and oxygen atoms in total. The van der Waals surface area contributed by atoms with Gasteiger partial charge >= 0.3 is 0 Å². The smallest absolute Gasteiger partial charge is 0.252 e. The highest BCUT2D eigenvalue weighted by Gasteiger charge is 2.21. The lowest BCUT2D eigenvalue weighted by Gasteiger charge is -2.16. The van der Waals surface area contributed by atoms with E-state index in [-0.39, 0.29) is 11.8 Å². The molecule has 0 fully saturated rings. The Morgan fingerprint density at radius 1 is 1.29 bits per heavy atom. The summed E-state index contributed by atoms with van der Waals surface area (Å²) < 4.78 is 0. The Morgan fingerprint density at radius 3 is 2.83 bits per heavy atom. The molecule has 0 radical (unpaired) electrons. The van der Waals surface area contributed by atoms with E-state index in [2.05, 4.69) is 20.6 Å². The van der Waals surface area contributed by atoms with Crippen molar-refractivity contribution in [3.05, 3.63) is 46.7 Å². The number of carbonyl (C=O) groups excluding carboxylic acids is 2. The van der Waals surface area contributed by atoms with Crippen LogP contribution in [-0.4, -0.2) is 27.8 Å². The molecule has 2 aromatic heterocycles. The minimum absolute atomic E-state index is 0.241. The maximum absolute atomic E-state index is 12.5. The van der Waals surface area contributed by atoms with Crippen LogP contribution in [0.5, 0.6) is 0 Å². The zero-order valence-electron chi connectivity index (χ0n) is 13.2. The molecule has 0 saturated heterocycles. The topological polar surface area (TPSA) is 86.9 Å². The fourth-order valence-electron chi connectivity index (χ4n) is 2.41. The molecule has 124 valence electrons. The van der Waals surface area contributed by atoms with Crippen LogP contribution in [-0.2, 0) is 4.79 Å². The Bertz CT molecular complexity index is 808. The lowest BCUT2D eigenvalue weighted by atomic mass is 10.1. The minimum atomic E-state index is -0.601. The number of hydrogen-bond donors (Lipinski definition) is 3. The average molecular weight is 342 g/mol. The van der Waals surface area contributed by atoms with E-state index >= 15 is 0 Å². The molecule has 1 atom stereocenters. The summed E-state index contributed by atoms with van der Waals surface area (Å²) in [6.45, 7) is 1.97. The zero-order valence-corrected chi connectivity index (χ0v) is 14.0. The molecule has 0 aliphatic carbocycles. The average Bonchev–Trinajstić information content (AvgIpc) is 3.23. The molecule has 0 aliphatic rings. The third kappa shape index (κ3) is 3.62. The highest BCUT2D eigenvalue weighted by molar-refractivity contribution is 7.08. The number of imidazole rings is 1. The first-order valence-electron chi connectivity index (χ1n) is 7.76. The van der Waals surface area contributed by atoms with Gasteiger partial charge in [0, 0.05) is 5.38 Å². The SMILES string of the molecule is CCC[C@H](NC(=O)c1ccsc1)C(=O)Nc1nc2ccccc2[nH]1. The van der Waals surface area contributed by atoms with Gasteiger partial charge in [0.05, 0.1) is 16.6 Å². The highest BCUT2D eigenvalue weighted by Crippen LogP contribution is 2.14. The number of thiophene rings is 1. The summed E-state index contributed by atoms with van der Waals surface area (Å²) in [4.78, 5) is 32.1. The molecule has 1 aromatic carbocycles. The number of rotatable bonds is 6. The highest BCUT2D eigenvalue weighted by atomic mass is 32.1. The molecule has 3 aromatic rings. The zero-order chi connectivity index (χ0) is 16.9. The number of H-pyrrole nitrogens is 1. The van der Waals surface area contributed by atoms with E-state index in [0.29, 0.717) is 17.9 Å². The van der Waals surface area contributed by atoms with E-state index in [4.69, 9.17) is 0 Å². The lowest BCUT2D eigenvalue weighted by Crippen LogP contribution is -2.43. The number of para-hydroxylation sites is 2. The number of amides is 2. The summed E-state index contributed by atoms with van der Waals surface area (Å²) in [6.07, 6.45) is 1.34. The van der Waals surface area contributed by atoms with Crippen LogP contribution in [0.25, 0.3) is 11.0 Å². The third-order valence-corrected chi connectivity index (χ3v) is 4.30. The number of anilines is 1. The van der Waals surface area contributed by atoms with E-state index in [0.717, 1.165) is 17.5 Å². The predicted molar refractivity (Wildman–Crippen MR) is 95.2 cm³/mol. The Kier molecular flexibility index (Phi) is 4.90. The van der Waals surface area contributed by atoms with Crippen molar-refractivity contribution < 1.29 is 9.59 Å². The van der Waals surface area contributed by atoms with Crippen molar-refractivity contribution in [2.24, 2.45) is 0 Å². The number of aromatic nitrogens is 2. The normalized spacial score (nSPS) is 12.0. The van der Waals surface area contributed by atoms with Gasteiger partial charge in [-0.2, -0.15) is 11.3 Å². The van der Waals surface area contributed by atoms with E-state index in [1.165, 1.54) is 11.3 Å². The second-order valence-corrected chi connectivity index (χ2v) is 6.20. The molecule has 0 unspecified atom stereocenters. The van der Waals surface area contributed by atoms with Gasteiger partial charge in [-0.15, -0.1) is 0 Å². The standard InChI is InChI=1S/C17H18N4O2S/c1-2-5-14(18-15(22)11-8-9-24-10-11)16(23)21-17-19-12-6-3-4-7-13(12)20-17/h3-4,6-10,14H,2,5H2,1H3,(H,18,22)(H2,19,20,21,23)/t14-/m0/s1. The van der Waals surface area contributed by atoms with Crippen LogP contribution in [0, 0.1) is 0 Å². The van der Waals surface area contributed by atoms with Crippen LogP contribution in [0.2, 0.25) is 0 Å². The molecular weight excluding hydrogens is 324 g/mol. The number of hydrogen-bond acceptors (Lipinski definition) is 4. The van der Waals surface area contributed by atoms with Gasteiger partial charge in [0.1, 0.15) is 6.04 Å². The molecule has 7 heteroatoms. The van der Waals surface area contributed by atoms with Gasteiger partial charge in [-0.05, 0) is 30.0 Å². The van der Waals surface area contributed by atoms with Crippen LogP contribution in [0.3, 0.4) is 0 Å². The second-order valence-electron chi connectivity index (χ2n) is 5.42. The lowest BCUT2D eigenvalue weighted by molar-refractivity contribution is -0.118. The van der Waals surface area contributed by atoms with Crippen LogP contribution < -0.4 is 10.6 Å². The van der Waals surface area contributed by atoms with Gasteiger partial charge < -0.3 is 10.3 Å². The van der Waals surface area contributed by atoms with E-state index < -0.39 is 6.04 Å². The molecule has 3 rings (SSSR count).